The number of alkyl halides is 1. The van der Waals surface area contributed by atoms with Gasteiger partial charge < -0.3 is 19.9 Å². The van der Waals surface area contributed by atoms with Gasteiger partial charge in [-0.25, -0.2) is 4.39 Å². The number of hydrogen-bond donors (Lipinski definition) is 2. The molecule has 1 aliphatic heterocycles. The Bertz CT molecular complexity index is 1330. The molecule has 0 bridgehead atoms. The summed E-state index contributed by atoms with van der Waals surface area (Å²) in [5.74, 6) is 0.853. The van der Waals surface area contributed by atoms with Crippen LogP contribution in [-0.2, 0) is 22.4 Å². The van der Waals surface area contributed by atoms with Gasteiger partial charge in [-0.05, 0) is 92.3 Å². The van der Waals surface area contributed by atoms with Gasteiger partial charge in [0.2, 0.25) is 0 Å². The van der Waals surface area contributed by atoms with E-state index in [9.17, 15) is 9.50 Å². The summed E-state index contributed by atoms with van der Waals surface area (Å²) in [7, 11) is 0. The highest BCUT2D eigenvalue weighted by Crippen LogP contribution is 2.41. The number of aliphatic hydroxyl groups excluding tert-OH is 1. The van der Waals surface area contributed by atoms with Gasteiger partial charge in [-0.15, -0.1) is 0 Å². The zero-order valence-corrected chi connectivity index (χ0v) is 26.9. The smallest absolute Gasteiger partial charge is 0.158 e. The van der Waals surface area contributed by atoms with Gasteiger partial charge in [0.1, 0.15) is 11.4 Å². The van der Waals surface area contributed by atoms with Gasteiger partial charge in [-0.2, -0.15) is 0 Å². The van der Waals surface area contributed by atoms with Gasteiger partial charge in [0.05, 0.1) is 19.3 Å². The van der Waals surface area contributed by atoms with E-state index in [1.54, 1.807) is 12.1 Å². The fourth-order valence-electron chi connectivity index (χ4n) is 5.33. The number of rotatable bonds is 10. The van der Waals surface area contributed by atoms with Gasteiger partial charge in [-0.3, -0.25) is 0 Å². The van der Waals surface area contributed by atoms with E-state index in [2.05, 4.69) is 44.3 Å². The third-order valence-corrected chi connectivity index (χ3v) is 8.15. The lowest BCUT2D eigenvalue weighted by atomic mass is 9.83. The van der Waals surface area contributed by atoms with Crippen molar-refractivity contribution in [3.8, 4) is 5.75 Å². The topological polar surface area (TPSA) is 50.7 Å². The molecule has 1 heterocycles. The maximum Gasteiger partial charge on any atom is 0.158 e. The Hall–Kier alpha value is -2.86. The molecule has 228 valence electrons. The average Bonchev–Trinajstić information content (AvgIpc) is 2.96. The number of ether oxygens (including phenoxy) is 2. The molecule has 0 aromatic heterocycles. The zero-order valence-electron chi connectivity index (χ0n) is 26.2. The van der Waals surface area contributed by atoms with Crippen LogP contribution in [0.25, 0.3) is 0 Å². The highest BCUT2D eigenvalue weighted by Gasteiger charge is 2.38. The number of allylic oxidation sites excluding steroid dienone is 2. The van der Waals surface area contributed by atoms with E-state index in [4.69, 9.17) is 21.1 Å². The molecule has 0 saturated carbocycles. The van der Waals surface area contributed by atoms with Crippen LogP contribution in [0.4, 0.5) is 10.1 Å². The van der Waals surface area contributed by atoms with E-state index >= 15 is 0 Å². The summed E-state index contributed by atoms with van der Waals surface area (Å²) in [4.78, 5) is 0. The summed E-state index contributed by atoms with van der Waals surface area (Å²) in [5, 5.41) is 14.1. The summed E-state index contributed by atoms with van der Waals surface area (Å²) >= 11 is 6.25. The van der Waals surface area contributed by atoms with E-state index in [0.29, 0.717) is 25.2 Å². The molecule has 1 aliphatic rings. The Kier molecular flexibility index (Phi) is 12.0. The highest BCUT2D eigenvalue weighted by atomic mass is 35.5. The fourth-order valence-corrected chi connectivity index (χ4v) is 5.55. The third kappa shape index (κ3) is 8.15. The molecule has 2 unspecified atom stereocenters. The Labute approximate surface area is 256 Å². The van der Waals surface area contributed by atoms with Gasteiger partial charge in [-0.1, -0.05) is 68.8 Å². The van der Waals surface area contributed by atoms with E-state index in [0.717, 1.165) is 63.7 Å². The van der Waals surface area contributed by atoms with Crippen molar-refractivity contribution in [2.45, 2.75) is 91.5 Å². The Morgan fingerprint density at radius 3 is 2.31 bits per heavy atom. The number of nitrogens with one attached hydrogen (secondary N) is 1. The van der Waals surface area contributed by atoms with Crippen molar-refractivity contribution in [3.63, 3.8) is 0 Å². The second-order valence-corrected chi connectivity index (χ2v) is 11.5. The maximum atomic E-state index is 14.8. The van der Waals surface area contributed by atoms with E-state index in [1.807, 2.05) is 50.2 Å². The van der Waals surface area contributed by atoms with Crippen LogP contribution in [0.3, 0.4) is 0 Å². The molecule has 4 rings (SSSR count). The third-order valence-electron chi connectivity index (χ3n) is 7.91. The van der Waals surface area contributed by atoms with Gasteiger partial charge in [0, 0.05) is 35.7 Å². The lowest BCUT2D eigenvalue weighted by molar-refractivity contribution is -0.0507. The number of anilines is 1. The lowest BCUT2D eigenvalue weighted by Gasteiger charge is -2.39. The molecule has 1 fully saturated rings. The monoisotopic (exact) mass is 595 g/mol. The number of halogens is 2. The highest BCUT2D eigenvalue weighted by molar-refractivity contribution is 6.30. The molecule has 3 aromatic rings. The first-order chi connectivity index (χ1) is 20.0. The van der Waals surface area contributed by atoms with Crippen LogP contribution >= 0.6 is 11.6 Å². The molecule has 2 atom stereocenters. The number of benzene rings is 3. The second kappa shape index (κ2) is 15.0. The lowest BCUT2D eigenvalue weighted by Crippen LogP contribution is -2.40. The molecule has 2 N–H and O–H groups in total. The van der Waals surface area contributed by atoms with Crippen molar-refractivity contribution in [1.82, 2.24) is 0 Å². The summed E-state index contributed by atoms with van der Waals surface area (Å²) < 4.78 is 27.3. The molecule has 6 heteroatoms. The van der Waals surface area contributed by atoms with Crippen molar-refractivity contribution < 1.29 is 19.0 Å². The van der Waals surface area contributed by atoms with E-state index in [-0.39, 0.29) is 0 Å². The number of aryl methyl sites for hydroxylation is 2. The molecule has 0 amide bonds. The minimum absolute atomic E-state index is 0.463. The molecule has 0 radical (unpaired) electrons. The van der Waals surface area contributed by atoms with Gasteiger partial charge >= 0.3 is 0 Å². The second-order valence-electron chi connectivity index (χ2n) is 11.0. The Balaban J connectivity index is 0.00000237. The molecular formula is C36H47ClFNO3. The first-order valence-corrected chi connectivity index (χ1v) is 15.5. The summed E-state index contributed by atoms with van der Waals surface area (Å²) in [6.07, 6.45) is 4.20. The zero-order chi connectivity index (χ0) is 30.9. The minimum atomic E-state index is -1.78. The maximum absolute atomic E-state index is 14.8. The van der Waals surface area contributed by atoms with Crippen molar-refractivity contribution >= 4 is 17.3 Å². The Morgan fingerprint density at radius 2 is 1.74 bits per heavy atom. The van der Waals surface area contributed by atoms with Crippen LogP contribution in [0, 0.1) is 13.8 Å². The van der Waals surface area contributed by atoms with Crippen molar-refractivity contribution in [1.29, 1.82) is 0 Å². The van der Waals surface area contributed by atoms with Gasteiger partial charge in [0.15, 0.2) is 5.67 Å². The standard InChI is InChI=1S/C34H41ClFNO3.C2H6/c1-6-7-29(22-26-8-10-27(11-9-26)33(5,36)25(4)38)37-30-13-15-32(24(3)21-30)40-34(16-18-39-19-17-34)31-14-12-28(35)20-23(31)2;1-2/h7-15,20-21,25,37-38H,6,16-19,22H2,1-5H3;1-2H3/b29-7-;. The molecule has 42 heavy (non-hydrogen) atoms. The summed E-state index contributed by atoms with van der Waals surface area (Å²) in [6.45, 7) is 14.4. The van der Waals surface area contributed by atoms with E-state index < -0.39 is 17.4 Å². The van der Waals surface area contributed by atoms with Crippen LogP contribution in [0.5, 0.6) is 5.75 Å². The Morgan fingerprint density at radius 1 is 1.07 bits per heavy atom. The molecule has 0 aliphatic carbocycles. The number of hydrogen-bond acceptors (Lipinski definition) is 4. The van der Waals surface area contributed by atoms with E-state index in [1.165, 1.54) is 13.8 Å². The molecule has 1 saturated heterocycles. The largest absolute Gasteiger partial charge is 0.482 e. The fraction of sp³-hybridized carbons (Fsp3) is 0.444. The van der Waals surface area contributed by atoms with Crippen LogP contribution in [0.2, 0.25) is 5.02 Å². The average molecular weight is 596 g/mol. The van der Waals surface area contributed by atoms with Crippen molar-refractivity contribution in [3.05, 3.63) is 105 Å². The van der Waals surface area contributed by atoms with Crippen LogP contribution in [0.15, 0.2) is 72.4 Å². The molecule has 3 aromatic carbocycles. The minimum Gasteiger partial charge on any atom is -0.482 e. The summed E-state index contributed by atoms with van der Waals surface area (Å²) in [5.41, 5.74) is 4.66. The molecular weight excluding hydrogens is 549 g/mol. The first-order valence-electron chi connectivity index (χ1n) is 15.1. The SMILES string of the molecule is CC.CC/C=C(/Cc1ccc(C(C)(F)C(C)O)cc1)Nc1ccc(OC2(c3ccc(Cl)cc3C)CCOCC2)c(C)c1. The quantitative estimate of drug-likeness (QED) is 0.245. The van der Waals surface area contributed by atoms with Crippen molar-refractivity contribution in [2.75, 3.05) is 18.5 Å². The van der Waals surface area contributed by atoms with Crippen molar-refractivity contribution in [2.24, 2.45) is 0 Å². The van der Waals surface area contributed by atoms with Crippen LogP contribution < -0.4 is 10.1 Å². The molecule has 0 spiro atoms. The van der Waals surface area contributed by atoms with Gasteiger partial charge in [0.25, 0.3) is 0 Å². The predicted octanol–water partition coefficient (Wildman–Crippen LogP) is 9.58. The van der Waals surface area contributed by atoms with Crippen LogP contribution in [0.1, 0.15) is 81.7 Å². The van der Waals surface area contributed by atoms with Crippen LogP contribution in [-0.4, -0.2) is 24.4 Å². The summed E-state index contributed by atoms with van der Waals surface area (Å²) in [6, 6.07) is 19.6. The number of aliphatic hydroxyl groups is 1. The first kappa shape index (κ1) is 33.6. The predicted molar refractivity (Wildman–Crippen MR) is 173 cm³/mol. The normalized spacial score (nSPS) is 17.0. The molecule has 4 nitrogen and oxygen atoms in total.